The smallest absolute Gasteiger partial charge is 0.326 e. The fourth-order valence-corrected chi connectivity index (χ4v) is 3.10. The molecule has 0 radical (unpaired) electrons. The summed E-state index contributed by atoms with van der Waals surface area (Å²) >= 11 is 3.13. The van der Waals surface area contributed by atoms with E-state index in [1.54, 1.807) is 0 Å². The number of sulfonamides is 1. The largest absolute Gasteiger partial charge is 0.468 e. The molecule has 1 rings (SSSR count). The number of pyridine rings is 1. The lowest BCUT2D eigenvalue weighted by atomic mass is 10.1. The number of ether oxygens (including phenoxy) is 1. The molecular formula is C10H13BrN2O4S. The number of carbonyl (C=O) groups is 1. The molecule has 1 N–H and O–H groups in total. The number of aromatic nitrogens is 1. The Morgan fingerprint density at radius 1 is 1.44 bits per heavy atom. The van der Waals surface area contributed by atoms with Gasteiger partial charge in [-0.2, -0.15) is 4.72 Å². The van der Waals surface area contributed by atoms with Crippen molar-refractivity contribution < 1.29 is 17.9 Å². The van der Waals surface area contributed by atoms with Crippen molar-refractivity contribution in [3.8, 4) is 0 Å². The predicted octanol–water partition coefficient (Wildman–Crippen LogP) is 1.07. The van der Waals surface area contributed by atoms with Crippen LogP contribution in [0.5, 0.6) is 0 Å². The molecule has 0 aliphatic rings. The molecule has 0 aromatic carbocycles. The van der Waals surface area contributed by atoms with Gasteiger partial charge in [-0.25, -0.2) is 8.42 Å². The molecule has 0 amide bonds. The van der Waals surface area contributed by atoms with Gasteiger partial charge in [0.1, 0.15) is 10.4 Å². The van der Waals surface area contributed by atoms with Crippen molar-refractivity contribution in [3.05, 3.63) is 22.9 Å². The van der Waals surface area contributed by atoms with Gasteiger partial charge in [0, 0.05) is 16.9 Å². The van der Waals surface area contributed by atoms with E-state index < -0.39 is 21.5 Å². The molecule has 1 aromatic heterocycles. The van der Waals surface area contributed by atoms with E-state index in [0.29, 0.717) is 4.47 Å². The Morgan fingerprint density at radius 2 is 2.06 bits per heavy atom. The Labute approximate surface area is 114 Å². The Morgan fingerprint density at radius 3 is 2.56 bits per heavy atom. The molecule has 0 spiro atoms. The zero-order chi connectivity index (χ0) is 14.0. The molecule has 0 atom stereocenters. The molecule has 6 nitrogen and oxygen atoms in total. The summed E-state index contributed by atoms with van der Waals surface area (Å²) in [5.74, 6) is -0.672. The van der Waals surface area contributed by atoms with Crippen LogP contribution in [0.25, 0.3) is 0 Å². The van der Waals surface area contributed by atoms with Crippen LogP contribution in [-0.2, 0) is 19.6 Å². The molecule has 0 aliphatic heterocycles. The second kappa shape index (κ2) is 5.33. The highest BCUT2D eigenvalue weighted by atomic mass is 79.9. The quantitative estimate of drug-likeness (QED) is 0.831. The van der Waals surface area contributed by atoms with E-state index in [1.165, 1.54) is 39.4 Å². The third-order valence-corrected chi connectivity index (χ3v) is 4.13. The molecule has 0 fully saturated rings. The van der Waals surface area contributed by atoms with E-state index in [4.69, 9.17) is 0 Å². The van der Waals surface area contributed by atoms with Gasteiger partial charge in [-0.3, -0.25) is 9.78 Å². The van der Waals surface area contributed by atoms with Crippen LogP contribution >= 0.6 is 15.9 Å². The average Bonchev–Trinajstić information content (AvgIpc) is 2.26. The Kier molecular flexibility index (Phi) is 4.46. The van der Waals surface area contributed by atoms with Crippen molar-refractivity contribution in [2.45, 2.75) is 24.3 Å². The molecule has 1 aromatic rings. The molecule has 0 unspecified atom stereocenters. The maximum Gasteiger partial charge on any atom is 0.326 e. The van der Waals surface area contributed by atoms with Gasteiger partial charge in [-0.1, -0.05) is 0 Å². The van der Waals surface area contributed by atoms with Crippen LogP contribution in [0.3, 0.4) is 0 Å². The normalized spacial score (nSPS) is 12.2. The monoisotopic (exact) mass is 336 g/mol. The molecule has 18 heavy (non-hydrogen) atoms. The summed E-state index contributed by atoms with van der Waals surface area (Å²) in [5.41, 5.74) is -1.35. The maximum absolute atomic E-state index is 12.0. The Bertz CT molecular complexity index is 557. The van der Waals surface area contributed by atoms with Crippen molar-refractivity contribution in [3.63, 3.8) is 0 Å². The van der Waals surface area contributed by atoms with E-state index in [1.807, 2.05) is 0 Å². The number of nitrogens with one attached hydrogen (secondary N) is 1. The number of hydrogen-bond acceptors (Lipinski definition) is 5. The van der Waals surface area contributed by atoms with Gasteiger partial charge in [0.05, 0.1) is 7.11 Å². The lowest BCUT2D eigenvalue weighted by Gasteiger charge is -2.22. The molecular weight excluding hydrogens is 324 g/mol. The van der Waals surface area contributed by atoms with Crippen molar-refractivity contribution in [2.24, 2.45) is 0 Å². The van der Waals surface area contributed by atoms with Gasteiger partial charge >= 0.3 is 5.97 Å². The minimum Gasteiger partial charge on any atom is -0.468 e. The number of carbonyl (C=O) groups excluding carboxylic acids is 1. The second-order valence-corrected chi connectivity index (χ2v) is 6.66. The highest BCUT2D eigenvalue weighted by Gasteiger charge is 2.34. The van der Waals surface area contributed by atoms with Gasteiger partial charge in [0.25, 0.3) is 0 Å². The number of methoxy groups -OCH3 is 1. The van der Waals surface area contributed by atoms with Crippen molar-refractivity contribution in [1.82, 2.24) is 9.71 Å². The molecule has 0 bridgehead atoms. The molecule has 0 saturated carbocycles. The maximum atomic E-state index is 12.0. The van der Waals surface area contributed by atoms with Crippen molar-refractivity contribution in [1.29, 1.82) is 0 Å². The summed E-state index contributed by atoms with van der Waals surface area (Å²) in [6.07, 6.45) is 2.66. The van der Waals surface area contributed by atoms with E-state index in [0.717, 1.165) is 0 Å². The fraction of sp³-hybridized carbons (Fsp3) is 0.400. The van der Waals surface area contributed by atoms with E-state index >= 15 is 0 Å². The highest BCUT2D eigenvalue weighted by molar-refractivity contribution is 9.10. The fourth-order valence-electron chi connectivity index (χ4n) is 1.23. The first-order valence-electron chi connectivity index (χ1n) is 4.92. The first-order valence-corrected chi connectivity index (χ1v) is 7.19. The summed E-state index contributed by atoms with van der Waals surface area (Å²) in [4.78, 5) is 15.2. The summed E-state index contributed by atoms with van der Waals surface area (Å²) in [6.45, 7) is 2.84. The van der Waals surface area contributed by atoms with Crippen LogP contribution in [0.2, 0.25) is 0 Å². The summed E-state index contributed by atoms with van der Waals surface area (Å²) in [7, 11) is -2.65. The van der Waals surface area contributed by atoms with E-state index in [9.17, 15) is 13.2 Å². The van der Waals surface area contributed by atoms with E-state index in [-0.39, 0.29) is 4.90 Å². The van der Waals surface area contributed by atoms with E-state index in [2.05, 4.69) is 30.4 Å². The molecule has 100 valence electrons. The minimum atomic E-state index is -3.84. The van der Waals surface area contributed by atoms with Gasteiger partial charge in [-0.05, 0) is 35.8 Å². The van der Waals surface area contributed by atoms with Crippen LogP contribution in [0.4, 0.5) is 0 Å². The molecule has 0 aliphatic carbocycles. The van der Waals surface area contributed by atoms with Gasteiger partial charge < -0.3 is 4.74 Å². The van der Waals surface area contributed by atoms with Crippen LogP contribution in [0.15, 0.2) is 27.8 Å². The SMILES string of the molecule is COC(=O)C(C)(C)NS(=O)(=O)c1cncc(Br)c1. The first-order chi connectivity index (χ1) is 8.19. The molecule has 1 heterocycles. The Hall–Kier alpha value is -0.990. The van der Waals surface area contributed by atoms with Gasteiger partial charge in [0.15, 0.2) is 0 Å². The number of nitrogens with zero attached hydrogens (tertiary/aromatic N) is 1. The first kappa shape index (κ1) is 15.1. The van der Waals surface area contributed by atoms with Crippen LogP contribution < -0.4 is 4.72 Å². The van der Waals surface area contributed by atoms with Crippen molar-refractivity contribution in [2.75, 3.05) is 7.11 Å². The third kappa shape index (κ3) is 3.50. The summed E-state index contributed by atoms with van der Waals surface area (Å²) in [6, 6.07) is 1.39. The lowest BCUT2D eigenvalue weighted by molar-refractivity contribution is -0.146. The number of halogens is 1. The Balaban J connectivity index is 3.06. The highest BCUT2D eigenvalue weighted by Crippen LogP contribution is 2.17. The van der Waals surface area contributed by atoms with Crippen LogP contribution in [0, 0.1) is 0 Å². The number of rotatable bonds is 4. The zero-order valence-corrected chi connectivity index (χ0v) is 12.5. The van der Waals surface area contributed by atoms with Crippen LogP contribution in [-0.4, -0.2) is 32.0 Å². The predicted molar refractivity (Wildman–Crippen MR) is 68.4 cm³/mol. The summed E-state index contributed by atoms with van der Waals surface area (Å²) in [5, 5.41) is 0. The van der Waals surface area contributed by atoms with Gasteiger partial charge in [0.2, 0.25) is 10.0 Å². The number of hydrogen-bond donors (Lipinski definition) is 1. The molecule has 8 heteroatoms. The topological polar surface area (TPSA) is 85.4 Å². The standard InChI is InChI=1S/C10H13BrN2O4S/c1-10(2,9(14)17-3)13-18(15,16)8-4-7(11)5-12-6-8/h4-6,13H,1-3H3. The average molecular weight is 337 g/mol. The minimum absolute atomic E-state index is 0.0335. The summed E-state index contributed by atoms with van der Waals surface area (Å²) < 4.78 is 31.4. The van der Waals surface area contributed by atoms with Crippen molar-refractivity contribution >= 4 is 31.9 Å². The molecule has 0 saturated heterocycles. The van der Waals surface area contributed by atoms with Gasteiger partial charge in [-0.15, -0.1) is 0 Å². The van der Waals surface area contributed by atoms with Crippen LogP contribution in [0.1, 0.15) is 13.8 Å². The third-order valence-electron chi connectivity index (χ3n) is 2.08. The second-order valence-electron chi connectivity index (χ2n) is 4.06. The lowest BCUT2D eigenvalue weighted by Crippen LogP contribution is -2.50. The zero-order valence-electron chi connectivity index (χ0n) is 10.1. The number of esters is 1.